The molecule has 0 aromatic heterocycles. The summed E-state index contributed by atoms with van der Waals surface area (Å²) in [5.41, 5.74) is 0. The van der Waals surface area contributed by atoms with E-state index in [1.807, 2.05) is 0 Å². The first-order valence-corrected chi connectivity index (χ1v) is 7.81. The quantitative estimate of drug-likeness (QED) is 0.256. The van der Waals surface area contributed by atoms with E-state index in [0.29, 0.717) is 0 Å². The summed E-state index contributed by atoms with van der Waals surface area (Å²) in [7, 11) is -8.74. The van der Waals surface area contributed by atoms with Gasteiger partial charge in [-0.25, -0.2) is 4.79 Å². The second-order valence-corrected chi connectivity index (χ2v) is 6.67. The van der Waals surface area contributed by atoms with E-state index in [0.717, 1.165) is 0 Å². The molecule has 0 aromatic carbocycles. The molecule has 0 bridgehead atoms. The fourth-order valence-electron chi connectivity index (χ4n) is 1.33. The number of rotatable bonds is 7. The van der Waals surface area contributed by atoms with Crippen molar-refractivity contribution in [2.24, 2.45) is 0 Å². The molecule has 198 valence electrons. The average molecular weight is 562 g/mol. The van der Waals surface area contributed by atoms with Gasteiger partial charge >= 0.3 is 63.7 Å². The van der Waals surface area contributed by atoms with Crippen molar-refractivity contribution in [3.05, 3.63) is 0 Å². The van der Waals surface area contributed by atoms with Gasteiger partial charge in [0.25, 0.3) is 0 Å². The van der Waals surface area contributed by atoms with Crippen molar-refractivity contribution >= 4 is 16.2 Å². The Morgan fingerprint density at radius 3 is 1.09 bits per heavy atom. The highest BCUT2D eigenvalue weighted by Crippen LogP contribution is 2.54. The highest BCUT2D eigenvalue weighted by molar-refractivity contribution is 7.88. The summed E-state index contributed by atoms with van der Waals surface area (Å²) in [5, 5.41) is 0. The predicted octanol–water partition coefficient (Wildman–Crippen LogP) is 4.68. The Morgan fingerprint density at radius 2 is 0.848 bits per heavy atom. The topological polar surface area (TPSA) is 69.7 Å². The van der Waals surface area contributed by atoms with Crippen LogP contribution in [0.3, 0.4) is 0 Å². The van der Waals surface area contributed by atoms with Crippen LogP contribution in [0.5, 0.6) is 0 Å². The summed E-state index contributed by atoms with van der Waals surface area (Å²) in [4.78, 5) is 3.30. The fraction of sp³-hybridized carbons (Fsp3) is 0.889. The molecule has 0 aromatic rings. The van der Waals surface area contributed by atoms with Crippen LogP contribution < -0.4 is 0 Å². The molecule has 0 spiro atoms. The summed E-state index contributed by atoms with van der Waals surface area (Å²) in [6.07, 6.45) is -39.1. The maximum Gasteiger partial charge on any atom is 0.476 e. The van der Waals surface area contributed by atoms with E-state index in [1.54, 1.807) is 0 Å². The van der Waals surface area contributed by atoms with E-state index in [4.69, 9.17) is 0 Å². The second-order valence-electron chi connectivity index (χ2n) is 5.22. The molecule has 24 heteroatoms. The van der Waals surface area contributed by atoms with Crippen LogP contribution >= 0.6 is 0 Å². The van der Waals surface area contributed by atoms with Gasteiger partial charge in [0.1, 0.15) is 0 Å². The van der Waals surface area contributed by atoms with Crippen molar-refractivity contribution in [2.75, 3.05) is 0 Å². The summed E-state index contributed by atoms with van der Waals surface area (Å²) in [6.45, 7) is 0. The Kier molecular flexibility index (Phi) is 7.38. The molecule has 0 rings (SSSR count). The van der Waals surface area contributed by atoms with Gasteiger partial charge in [-0.1, -0.05) is 0 Å². The monoisotopic (exact) mass is 562 g/mol. The fourth-order valence-corrected chi connectivity index (χ4v) is 2.05. The summed E-state index contributed by atoms with van der Waals surface area (Å²) >= 11 is 0. The largest absolute Gasteiger partial charge is 0.476 e. The Morgan fingerprint density at radius 1 is 0.545 bits per heavy atom. The van der Waals surface area contributed by atoms with E-state index in [1.165, 1.54) is 9.47 Å². The maximum absolute atomic E-state index is 13.1. The first-order valence-electron chi connectivity index (χ1n) is 6.43. The van der Waals surface area contributed by atoms with E-state index < -0.39 is 63.7 Å². The van der Waals surface area contributed by atoms with Gasteiger partial charge in [-0.05, 0) is 0 Å². The lowest BCUT2D eigenvalue weighted by Gasteiger charge is -2.36. The molecule has 0 N–H and O–H groups in total. The van der Waals surface area contributed by atoms with Gasteiger partial charge in [0.15, 0.2) is 0 Å². The molecular formula is C9F18O5S. The lowest BCUT2D eigenvalue weighted by Crippen LogP contribution is -2.67. The lowest BCUT2D eigenvalue weighted by molar-refractivity contribution is -0.452. The third kappa shape index (κ3) is 4.99. The molecule has 1 unspecified atom stereocenters. The van der Waals surface area contributed by atoms with Crippen LogP contribution in [0.1, 0.15) is 0 Å². The van der Waals surface area contributed by atoms with E-state index in [9.17, 15) is 91.7 Å². The van der Waals surface area contributed by atoms with Crippen molar-refractivity contribution in [3.8, 4) is 0 Å². The Labute approximate surface area is 166 Å². The summed E-state index contributed by atoms with van der Waals surface area (Å²) in [6, 6.07) is 0. The van der Waals surface area contributed by atoms with Crippen molar-refractivity contribution in [1.29, 1.82) is 0 Å². The molecule has 0 radical (unpaired) electrons. The first-order chi connectivity index (χ1) is 13.8. The molecular weight excluding hydrogens is 562 g/mol. The minimum atomic E-state index is -8.74. The smallest absolute Gasteiger partial charge is 0.393 e. The van der Waals surface area contributed by atoms with Crippen molar-refractivity contribution in [3.63, 3.8) is 0 Å². The zero-order valence-corrected chi connectivity index (χ0v) is 14.6. The molecule has 0 heterocycles. The molecule has 5 nitrogen and oxygen atoms in total. The number of halogens is 18. The van der Waals surface area contributed by atoms with Crippen LogP contribution in [0.25, 0.3) is 0 Å². The van der Waals surface area contributed by atoms with E-state index in [-0.39, 0.29) is 0 Å². The SMILES string of the molecule is O=C(OC(F)(F)C(F)(F)C(F)(F)F)C(OC(F)(F)C(F)(F)C(F)(F)F)(C(F)(F)F)S(=O)(=O)F. The molecule has 0 saturated heterocycles. The summed E-state index contributed by atoms with van der Waals surface area (Å²) in [5.74, 6) is -21.1. The van der Waals surface area contributed by atoms with Crippen LogP contribution in [0.2, 0.25) is 0 Å². The van der Waals surface area contributed by atoms with Crippen molar-refractivity contribution in [2.45, 2.75) is 47.5 Å². The number of carbonyl (C=O) groups is 1. The third-order valence-electron chi connectivity index (χ3n) is 2.92. The van der Waals surface area contributed by atoms with Gasteiger partial charge in [0.2, 0.25) is 0 Å². The Bertz CT molecular complexity index is 850. The first kappa shape index (κ1) is 31.1. The number of hydrogen-bond donors (Lipinski definition) is 0. The Hall–Kier alpha value is -1.88. The second kappa shape index (κ2) is 7.83. The Balaban J connectivity index is 7.04. The highest BCUT2D eigenvalue weighted by atomic mass is 32.3. The minimum absolute atomic E-state index is 1.43. The lowest BCUT2D eigenvalue weighted by atomic mass is 10.2. The third-order valence-corrected chi connectivity index (χ3v) is 4.09. The molecule has 0 fully saturated rings. The van der Waals surface area contributed by atoms with Crippen LogP contribution in [0.4, 0.5) is 78.5 Å². The molecule has 0 amide bonds. The molecule has 33 heavy (non-hydrogen) atoms. The van der Waals surface area contributed by atoms with Gasteiger partial charge in [-0.2, -0.15) is 83.1 Å². The number of alkyl halides is 17. The molecule has 1 atom stereocenters. The molecule has 0 aliphatic heterocycles. The minimum Gasteiger partial charge on any atom is -0.393 e. The van der Waals surface area contributed by atoms with Crippen molar-refractivity contribution in [1.82, 2.24) is 0 Å². The number of carbonyl (C=O) groups excluding carboxylic acids is 1. The predicted molar refractivity (Wildman–Crippen MR) is 57.9 cm³/mol. The van der Waals surface area contributed by atoms with E-state index >= 15 is 0 Å². The van der Waals surface area contributed by atoms with Gasteiger partial charge in [0.05, 0.1) is 0 Å². The van der Waals surface area contributed by atoms with Crippen LogP contribution in [0.15, 0.2) is 0 Å². The van der Waals surface area contributed by atoms with Gasteiger partial charge < -0.3 is 4.74 Å². The number of ether oxygens (including phenoxy) is 2. The zero-order chi connectivity index (χ0) is 27.5. The molecule has 0 saturated carbocycles. The van der Waals surface area contributed by atoms with Gasteiger partial charge in [0, 0.05) is 0 Å². The highest BCUT2D eigenvalue weighted by Gasteiger charge is 2.85. The van der Waals surface area contributed by atoms with Crippen LogP contribution in [0, 0.1) is 0 Å². The summed E-state index contributed by atoms with van der Waals surface area (Å²) < 4.78 is 250. The van der Waals surface area contributed by atoms with Crippen molar-refractivity contribution < 1.29 is 101 Å². The van der Waals surface area contributed by atoms with Crippen LogP contribution in [-0.4, -0.2) is 61.9 Å². The normalized spacial score (nSPS) is 17.5. The average Bonchev–Trinajstić information content (AvgIpc) is 2.46. The molecule has 0 aliphatic carbocycles. The standard InChI is InChI=1S/C9F18O5S/c10-3(11,6(17,18)19)8(23,24)31-1(28)2(5(14,15)16,33(27,29)30)32-9(25,26)4(12,13)7(20,21)22. The van der Waals surface area contributed by atoms with Gasteiger partial charge in [-0.3, -0.25) is 4.74 Å². The number of hydrogen-bond acceptors (Lipinski definition) is 5. The maximum atomic E-state index is 13.1. The number of esters is 1. The molecule has 0 aliphatic rings. The zero-order valence-electron chi connectivity index (χ0n) is 13.8. The van der Waals surface area contributed by atoms with E-state index in [2.05, 4.69) is 0 Å². The van der Waals surface area contributed by atoms with Gasteiger partial charge in [-0.15, -0.1) is 3.89 Å². The van der Waals surface area contributed by atoms with Crippen LogP contribution in [-0.2, 0) is 24.5 Å².